The molecule has 0 spiro atoms. The Bertz CT molecular complexity index is 1160. The zero-order chi connectivity index (χ0) is 25.0. The van der Waals surface area contributed by atoms with Gasteiger partial charge in [0.25, 0.3) is 0 Å². The van der Waals surface area contributed by atoms with Crippen molar-refractivity contribution < 1.29 is 28.2 Å². The van der Waals surface area contributed by atoms with Gasteiger partial charge in [-0.05, 0) is 66.1 Å². The fourth-order valence-electron chi connectivity index (χ4n) is 2.96. The minimum atomic E-state index is -0.890. The zero-order valence-corrected chi connectivity index (χ0v) is 19.4. The van der Waals surface area contributed by atoms with Gasteiger partial charge in [-0.1, -0.05) is 24.3 Å². The number of hydrazone groups is 1. The topological polar surface area (TPSA) is 98.2 Å². The Hall–Kier alpha value is -4.40. The van der Waals surface area contributed by atoms with E-state index in [-0.39, 0.29) is 19.0 Å². The normalized spacial score (nSPS) is 10.6. The Morgan fingerprint density at radius 2 is 1.63 bits per heavy atom. The first-order valence-corrected chi connectivity index (χ1v) is 10.9. The molecule has 0 heterocycles. The summed E-state index contributed by atoms with van der Waals surface area (Å²) in [6.07, 6.45) is 1.39. The van der Waals surface area contributed by atoms with E-state index in [1.165, 1.54) is 18.3 Å². The van der Waals surface area contributed by atoms with Crippen molar-refractivity contribution in [3.8, 4) is 17.2 Å². The Labute approximate surface area is 202 Å². The van der Waals surface area contributed by atoms with Crippen LogP contribution in [0.2, 0.25) is 0 Å². The lowest BCUT2D eigenvalue weighted by molar-refractivity contribution is -0.139. The Morgan fingerprint density at radius 1 is 0.914 bits per heavy atom. The van der Waals surface area contributed by atoms with Crippen molar-refractivity contribution in [1.82, 2.24) is 10.7 Å². The van der Waals surface area contributed by atoms with Crippen LogP contribution in [0.4, 0.5) is 4.39 Å². The van der Waals surface area contributed by atoms with Crippen molar-refractivity contribution in [3.05, 3.63) is 89.2 Å². The summed E-state index contributed by atoms with van der Waals surface area (Å²) < 4.78 is 29.6. The van der Waals surface area contributed by atoms with Crippen molar-refractivity contribution in [3.63, 3.8) is 0 Å². The molecule has 3 rings (SSSR count). The number of carbonyl (C=O) groups excluding carboxylic acids is 2. The highest BCUT2D eigenvalue weighted by atomic mass is 19.1. The molecule has 0 saturated carbocycles. The second-order valence-electron chi connectivity index (χ2n) is 7.28. The van der Waals surface area contributed by atoms with E-state index in [0.29, 0.717) is 29.4 Å². The Balaban J connectivity index is 1.52. The number of benzene rings is 3. The van der Waals surface area contributed by atoms with Gasteiger partial charge in [-0.2, -0.15) is 5.10 Å². The first kappa shape index (κ1) is 25.2. The fourth-order valence-corrected chi connectivity index (χ4v) is 2.96. The molecule has 2 amide bonds. The van der Waals surface area contributed by atoms with E-state index < -0.39 is 11.8 Å². The van der Waals surface area contributed by atoms with Crippen LogP contribution in [-0.2, 0) is 22.7 Å². The molecule has 0 radical (unpaired) electrons. The van der Waals surface area contributed by atoms with E-state index in [4.69, 9.17) is 14.2 Å². The molecule has 3 aromatic rings. The van der Waals surface area contributed by atoms with E-state index in [1.54, 1.807) is 61.7 Å². The van der Waals surface area contributed by atoms with E-state index in [9.17, 15) is 14.0 Å². The van der Waals surface area contributed by atoms with Crippen LogP contribution in [0.25, 0.3) is 0 Å². The summed E-state index contributed by atoms with van der Waals surface area (Å²) in [5.41, 5.74) is 4.46. The molecule has 0 unspecified atom stereocenters. The van der Waals surface area contributed by atoms with E-state index >= 15 is 0 Å². The third-order valence-corrected chi connectivity index (χ3v) is 4.77. The number of nitrogens with zero attached hydrogens (tertiary/aromatic N) is 1. The summed E-state index contributed by atoms with van der Waals surface area (Å²) in [4.78, 5) is 24.0. The number of carbonyl (C=O) groups is 2. The van der Waals surface area contributed by atoms with Gasteiger partial charge in [0.15, 0.2) is 11.5 Å². The van der Waals surface area contributed by atoms with Gasteiger partial charge in [-0.25, -0.2) is 9.82 Å². The van der Waals surface area contributed by atoms with Crippen LogP contribution in [0.15, 0.2) is 71.8 Å². The SMILES string of the molecule is CCOc1cc(/C=N\NC(=O)C(=O)NCc2ccc(OC)cc2)ccc1OCc1ccc(F)cc1. The van der Waals surface area contributed by atoms with E-state index in [1.807, 2.05) is 6.92 Å². The molecule has 0 aliphatic heterocycles. The highest BCUT2D eigenvalue weighted by Gasteiger charge is 2.12. The van der Waals surface area contributed by atoms with Crippen LogP contribution in [0, 0.1) is 5.82 Å². The molecule has 35 heavy (non-hydrogen) atoms. The first-order chi connectivity index (χ1) is 17.0. The number of nitrogens with one attached hydrogen (secondary N) is 2. The molecule has 0 atom stereocenters. The highest BCUT2D eigenvalue weighted by Crippen LogP contribution is 2.29. The van der Waals surface area contributed by atoms with Crippen LogP contribution < -0.4 is 25.0 Å². The molecule has 3 aromatic carbocycles. The van der Waals surface area contributed by atoms with Crippen molar-refractivity contribution in [2.45, 2.75) is 20.1 Å². The smallest absolute Gasteiger partial charge is 0.329 e. The lowest BCUT2D eigenvalue weighted by Crippen LogP contribution is -2.37. The molecule has 0 bridgehead atoms. The molecule has 0 aliphatic carbocycles. The van der Waals surface area contributed by atoms with Gasteiger partial charge in [0.2, 0.25) is 0 Å². The average molecular weight is 480 g/mol. The van der Waals surface area contributed by atoms with Crippen molar-refractivity contribution in [2.24, 2.45) is 5.10 Å². The van der Waals surface area contributed by atoms with Gasteiger partial charge in [0, 0.05) is 6.54 Å². The highest BCUT2D eigenvalue weighted by molar-refractivity contribution is 6.35. The second kappa shape index (κ2) is 12.7. The first-order valence-electron chi connectivity index (χ1n) is 10.9. The number of hydrogen-bond donors (Lipinski definition) is 2. The van der Waals surface area contributed by atoms with Gasteiger partial charge < -0.3 is 19.5 Å². The van der Waals surface area contributed by atoms with Gasteiger partial charge in [-0.15, -0.1) is 0 Å². The summed E-state index contributed by atoms with van der Waals surface area (Å²) in [5, 5.41) is 6.36. The average Bonchev–Trinajstić information content (AvgIpc) is 2.88. The minimum Gasteiger partial charge on any atom is -0.497 e. The maximum Gasteiger partial charge on any atom is 0.329 e. The second-order valence-corrected chi connectivity index (χ2v) is 7.28. The van der Waals surface area contributed by atoms with Crippen molar-refractivity contribution >= 4 is 18.0 Å². The summed E-state index contributed by atoms with van der Waals surface area (Å²) in [5.74, 6) is -0.310. The summed E-state index contributed by atoms with van der Waals surface area (Å²) in [6, 6.07) is 18.3. The molecule has 0 saturated heterocycles. The lowest BCUT2D eigenvalue weighted by Gasteiger charge is -2.12. The number of amides is 2. The Kier molecular flexibility index (Phi) is 9.18. The predicted octanol–water partition coefficient (Wildman–Crippen LogP) is 3.58. The predicted molar refractivity (Wildman–Crippen MR) is 129 cm³/mol. The van der Waals surface area contributed by atoms with Crippen LogP contribution in [0.5, 0.6) is 17.2 Å². The number of rotatable bonds is 10. The van der Waals surface area contributed by atoms with Gasteiger partial charge in [0.05, 0.1) is 19.9 Å². The largest absolute Gasteiger partial charge is 0.497 e. The molecular weight excluding hydrogens is 453 g/mol. The minimum absolute atomic E-state index is 0.192. The molecule has 0 aliphatic rings. The molecule has 182 valence electrons. The third-order valence-electron chi connectivity index (χ3n) is 4.77. The molecule has 0 fully saturated rings. The van der Waals surface area contributed by atoms with Crippen LogP contribution >= 0.6 is 0 Å². The fraction of sp³-hybridized carbons (Fsp3) is 0.192. The van der Waals surface area contributed by atoms with Crippen LogP contribution in [0.3, 0.4) is 0 Å². The van der Waals surface area contributed by atoms with Gasteiger partial charge in [-0.3, -0.25) is 9.59 Å². The number of ether oxygens (including phenoxy) is 3. The molecule has 0 aromatic heterocycles. The van der Waals surface area contributed by atoms with Gasteiger partial charge >= 0.3 is 11.8 Å². The molecule has 9 heteroatoms. The summed E-state index contributed by atoms with van der Waals surface area (Å²) in [6.45, 7) is 2.69. The lowest BCUT2D eigenvalue weighted by atomic mass is 10.2. The van der Waals surface area contributed by atoms with Gasteiger partial charge in [0.1, 0.15) is 18.2 Å². The van der Waals surface area contributed by atoms with Crippen molar-refractivity contribution in [2.75, 3.05) is 13.7 Å². The standard InChI is InChI=1S/C26H26FN3O5/c1-3-34-24-14-20(8-13-23(24)35-17-19-4-9-21(27)10-5-19)16-29-30-26(32)25(31)28-15-18-6-11-22(33-2)12-7-18/h4-14,16H,3,15,17H2,1-2H3,(H,28,31)(H,30,32)/b29-16-. The molecule has 8 nitrogen and oxygen atoms in total. The van der Waals surface area contributed by atoms with Crippen LogP contribution in [0.1, 0.15) is 23.6 Å². The molecule has 2 N–H and O–H groups in total. The number of halogens is 1. The monoisotopic (exact) mass is 479 g/mol. The molecular formula is C26H26FN3O5. The maximum absolute atomic E-state index is 13.1. The van der Waals surface area contributed by atoms with E-state index in [2.05, 4.69) is 15.8 Å². The Morgan fingerprint density at radius 3 is 2.31 bits per heavy atom. The quantitative estimate of drug-likeness (QED) is 0.263. The third kappa shape index (κ3) is 7.85. The van der Waals surface area contributed by atoms with Crippen LogP contribution in [-0.4, -0.2) is 31.7 Å². The zero-order valence-electron chi connectivity index (χ0n) is 19.4. The summed E-state index contributed by atoms with van der Waals surface area (Å²) >= 11 is 0. The van der Waals surface area contributed by atoms with E-state index in [0.717, 1.165) is 11.1 Å². The number of hydrogen-bond acceptors (Lipinski definition) is 6. The number of methoxy groups -OCH3 is 1. The van der Waals surface area contributed by atoms with Crippen molar-refractivity contribution in [1.29, 1.82) is 0 Å². The maximum atomic E-state index is 13.1. The summed E-state index contributed by atoms with van der Waals surface area (Å²) in [7, 11) is 1.57.